The summed E-state index contributed by atoms with van der Waals surface area (Å²) in [6, 6.07) is 0.814. The number of nitrogens with one attached hydrogen (secondary N) is 1. The van der Waals surface area contributed by atoms with Crippen LogP contribution in [0.3, 0.4) is 0 Å². The van der Waals surface area contributed by atoms with Crippen LogP contribution in [0.15, 0.2) is 6.07 Å². The van der Waals surface area contributed by atoms with Crippen molar-refractivity contribution in [3.63, 3.8) is 0 Å². The van der Waals surface area contributed by atoms with Gasteiger partial charge in [-0.1, -0.05) is 0 Å². The molecule has 2 rings (SSSR count). The maximum absolute atomic E-state index is 12.6. The Hall–Kier alpha value is -2.35. The van der Waals surface area contributed by atoms with E-state index in [1.165, 1.54) is 27.4 Å². The highest BCUT2D eigenvalue weighted by atomic mass is 16.6. The lowest BCUT2D eigenvalue weighted by atomic mass is 10.00. The van der Waals surface area contributed by atoms with Crippen molar-refractivity contribution in [1.82, 2.24) is 5.32 Å². The molecule has 0 saturated carbocycles. The number of carbonyl (C=O) groups excluding carboxylic acids is 1. The molecule has 1 atom stereocenters. The fourth-order valence-corrected chi connectivity index (χ4v) is 2.61. The Balaban J connectivity index is 2.63. The number of ketones is 1. The molecule has 0 spiro atoms. The molecule has 1 heterocycles. The van der Waals surface area contributed by atoms with Gasteiger partial charge in [0.2, 0.25) is 11.5 Å². The third kappa shape index (κ3) is 2.69. The normalized spacial score (nSPS) is 17.1. The first-order valence-electron chi connectivity index (χ1n) is 6.80. The first kappa shape index (κ1) is 16.0. The lowest BCUT2D eigenvalue weighted by molar-refractivity contribution is -0.385. The minimum Gasteiger partial charge on any atom is -0.492 e. The van der Waals surface area contributed by atoms with Crippen molar-refractivity contribution < 1.29 is 23.9 Å². The van der Waals surface area contributed by atoms with Crippen LogP contribution < -0.4 is 19.5 Å². The molecule has 0 radical (unpaired) electrons. The van der Waals surface area contributed by atoms with Crippen LogP contribution in [0.2, 0.25) is 0 Å². The van der Waals surface area contributed by atoms with E-state index in [0.29, 0.717) is 6.42 Å². The molecule has 1 aromatic carbocycles. The average Bonchev–Trinajstić information content (AvgIpc) is 3.05. The van der Waals surface area contributed by atoms with E-state index in [1.54, 1.807) is 0 Å². The van der Waals surface area contributed by atoms with Gasteiger partial charge in [-0.25, -0.2) is 0 Å². The van der Waals surface area contributed by atoms with Gasteiger partial charge in [-0.15, -0.1) is 0 Å². The molecular weight excluding hydrogens is 292 g/mol. The summed E-state index contributed by atoms with van der Waals surface area (Å²) in [6.45, 7) is 0.744. The summed E-state index contributed by atoms with van der Waals surface area (Å²) in [7, 11) is 4.01. The summed E-state index contributed by atoms with van der Waals surface area (Å²) in [6.07, 6.45) is 1.57. The fourth-order valence-electron chi connectivity index (χ4n) is 2.61. The molecule has 0 bridgehead atoms. The number of hydrogen-bond acceptors (Lipinski definition) is 7. The van der Waals surface area contributed by atoms with Crippen LogP contribution in [0.25, 0.3) is 0 Å². The molecule has 1 unspecified atom stereocenters. The highest BCUT2D eigenvalue weighted by Gasteiger charge is 2.33. The van der Waals surface area contributed by atoms with E-state index in [1.807, 2.05) is 0 Å². The Morgan fingerprint density at radius 3 is 2.32 bits per heavy atom. The number of Topliss-reactive ketones (excluding diaryl/α,β-unsaturated/α-hetero) is 1. The van der Waals surface area contributed by atoms with Crippen molar-refractivity contribution in [2.24, 2.45) is 0 Å². The number of hydrogen-bond donors (Lipinski definition) is 1. The second-order valence-electron chi connectivity index (χ2n) is 4.81. The number of nitro groups is 1. The summed E-state index contributed by atoms with van der Waals surface area (Å²) in [5.41, 5.74) is -0.215. The highest BCUT2D eigenvalue weighted by molar-refractivity contribution is 6.04. The zero-order valence-corrected chi connectivity index (χ0v) is 12.7. The van der Waals surface area contributed by atoms with Crippen LogP contribution in [0.4, 0.5) is 5.69 Å². The molecule has 1 aliphatic rings. The Labute approximate surface area is 127 Å². The van der Waals surface area contributed by atoms with Gasteiger partial charge < -0.3 is 19.5 Å². The van der Waals surface area contributed by atoms with E-state index >= 15 is 0 Å². The summed E-state index contributed by atoms with van der Waals surface area (Å²) in [5, 5.41) is 14.3. The van der Waals surface area contributed by atoms with Gasteiger partial charge in [0.25, 0.3) is 0 Å². The van der Waals surface area contributed by atoms with Crippen molar-refractivity contribution in [3.8, 4) is 17.2 Å². The molecule has 1 saturated heterocycles. The van der Waals surface area contributed by atoms with Gasteiger partial charge in [0.1, 0.15) is 0 Å². The minimum atomic E-state index is -0.611. The van der Waals surface area contributed by atoms with Crippen molar-refractivity contribution >= 4 is 11.5 Å². The van der Waals surface area contributed by atoms with E-state index in [0.717, 1.165) is 13.0 Å². The molecule has 1 aromatic rings. The third-order valence-electron chi connectivity index (χ3n) is 3.62. The van der Waals surface area contributed by atoms with Gasteiger partial charge in [0.15, 0.2) is 11.5 Å². The molecule has 120 valence electrons. The van der Waals surface area contributed by atoms with Gasteiger partial charge in [-0.2, -0.15) is 0 Å². The lowest BCUT2D eigenvalue weighted by Gasteiger charge is -2.17. The third-order valence-corrected chi connectivity index (χ3v) is 3.62. The van der Waals surface area contributed by atoms with Crippen LogP contribution in [0.1, 0.15) is 23.2 Å². The first-order chi connectivity index (χ1) is 10.5. The van der Waals surface area contributed by atoms with Crippen LogP contribution in [0, 0.1) is 10.1 Å². The topological polar surface area (TPSA) is 99.9 Å². The fraction of sp³-hybridized carbons (Fsp3) is 0.500. The van der Waals surface area contributed by atoms with Crippen molar-refractivity contribution in [2.45, 2.75) is 18.9 Å². The average molecular weight is 310 g/mol. The molecule has 8 nitrogen and oxygen atoms in total. The van der Waals surface area contributed by atoms with Crippen LogP contribution in [-0.4, -0.2) is 44.6 Å². The lowest BCUT2D eigenvalue weighted by Crippen LogP contribution is -2.31. The molecule has 1 fully saturated rings. The van der Waals surface area contributed by atoms with Gasteiger partial charge in [-0.05, 0) is 19.4 Å². The van der Waals surface area contributed by atoms with E-state index in [9.17, 15) is 14.9 Å². The second-order valence-corrected chi connectivity index (χ2v) is 4.81. The number of rotatable bonds is 6. The van der Waals surface area contributed by atoms with Gasteiger partial charge in [-0.3, -0.25) is 14.9 Å². The number of nitro benzene ring substituents is 1. The molecule has 0 aromatic heterocycles. The Kier molecular flexibility index (Phi) is 4.81. The second kappa shape index (κ2) is 6.61. The molecule has 0 aliphatic carbocycles. The number of carbonyl (C=O) groups is 1. The summed E-state index contributed by atoms with van der Waals surface area (Å²) in [5.74, 6) is -0.136. The van der Waals surface area contributed by atoms with Crippen LogP contribution >= 0.6 is 0 Å². The maximum atomic E-state index is 12.6. The Morgan fingerprint density at radius 2 is 1.86 bits per heavy atom. The molecule has 22 heavy (non-hydrogen) atoms. The van der Waals surface area contributed by atoms with Crippen molar-refractivity contribution in [1.29, 1.82) is 0 Å². The quantitative estimate of drug-likeness (QED) is 0.483. The Bertz CT molecular complexity index is 595. The smallest absolute Gasteiger partial charge is 0.315 e. The van der Waals surface area contributed by atoms with E-state index in [-0.39, 0.29) is 40.3 Å². The van der Waals surface area contributed by atoms with Crippen LogP contribution in [0.5, 0.6) is 17.2 Å². The predicted molar refractivity (Wildman–Crippen MR) is 78.1 cm³/mol. The molecule has 1 aliphatic heterocycles. The Morgan fingerprint density at radius 1 is 1.23 bits per heavy atom. The number of methoxy groups -OCH3 is 3. The molecular formula is C14H18N2O6. The van der Waals surface area contributed by atoms with Crippen molar-refractivity contribution in [3.05, 3.63) is 21.7 Å². The van der Waals surface area contributed by atoms with Crippen molar-refractivity contribution in [2.75, 3.05) is 27.9 Å². The van der Waals surface area contributed by atoms with Gasteiger partial charge in [0.05, 0.1) is 37.9 Å². The monoisotopic (exact) mass is 310 g/mol. The maximum Gasteiger partial charge on any atom is 0.315 e. The first-order valence-corrected chi connectivity index (χ1v) is 6.80. The molecule has 8 heteroatoms. The standard InChI is InChI=1S/C14H18N2O6/c1-20-12-8(11(17)9-5-4-6-15-9)7-10(16(18)19)13(21-2)14(12)22-3/h7,9,15H,4-6H2,1-3H3. The number of nitrogens with zero attached hydrogens (tertiary/aromatic N) is 1. The SMILES string of the molecule is COc1c(C(=O)C2CCCN2)cc([N+](=O)[O-])c(OC)c1OC. The molecule has 0 amide bonds. The highest BCUT2D eigenvalue weighted by Crippen LogP contribution is 2.46. The number of benzene rings is 1. The van der Waals surface area contributed by atoms with Gasteiger partial charge >= 0.3 is 5.69 Å². The summed E-state index contributed by atoms with van der Waals surface area (Å²) < 4.78 is 15.5. The minimum absolute atomic E-state index is 0.0422. The van der Waals surface area contributed by atoms with E-state index in [4.69, 9.17) is 14.2 Å². The van der Waals surface area contributed by atoms with Gasteiger partial charge in [0, 0.05) is 6.07 Å². The van der Waals surface area contributed by atoms with E-state index < -0.39 is 4.92 Å². The largest absolute Gasteiger partial charge is 0.492 e. The predicted octanol–water partition coefficient (Wildman–Crippen LogP) is 1.56. The van der Waals surface area contributed by atoms with Crippen LogP contribution in [-0.2, 0) is 0 Å². The summed E-state index contributed by atoms with van der Waals surface area (Å²) in [4.78, 5) is 23.2. The van der Waals surface area contributed by atoms with E-state index in [2.05, 4.69) is 5.32 Å². The summed E-state index contributed by atoms with van der Waals surface area (Å²) >= 11 is 0. The molecule has 1 N–H and O–H groups in total. The zero-order valence-electron chi connectivity index (χ0n) is 12.7. The zero-order chi connectivity index (χ0) is 16.3. The number of ether oxygens (including phenoxy) is 3.